The third kappa shape index (κ3) is 3.27. The van der Waals surface area contributed by atoms with Crippen molar-refractivity contribution < 1.29 is 17.6 Å². The number of fused-ring (bicyclic) bond motifs is 1. The first-order valence-electron chi connectivity index (χ1n) is 8.41. The molecule has 0 aliphatic carbocycles. The lowest BCUT2D eigenvalue weighted by molar-refractivity contribution is 0.0667. The van der Waals surface area contributed by atoms with Crippen LogP contribution in [-0.4, -0.2) is 49.7 Å². The van der Waals surface area contributed by atoms with E-state index in [0.29, 0.717) is 28.8 Å². The lowest BCUT2D eigenvalue weighted by Crippen LogP contribution is -2.50. The highest BCUT2D eigenvalue weighted by Crippen LogP contribution is 2.29. The molecule has 3 heterocycles. The van der Waals surface area contributed by atoms with E-state index in [0.717, 1.165) is 22.3 Å². The van der Waals surface area contributed by atoms with Gasteiger partial charge in [0.15, 0.2) is 5.76 Å². The summed E-state index contributed by atoms with van der Waals surface area (Å²) in [6.45, 7) is 2.97. The van der Waals surface area contributed by atoms with E-state index in [1.54, 1.807) is 11.0 Å². The number of aryl methyl sites for hydroxylation is 1. The minimum atomic E-state index is -3.58. The molecule has 142 valence electrons. The second-order valence-electron chi connectivity index (χ2n) is 6.31. The minimum absolute atomic E-state index is 0.208. The van der Waals surface area contributed by atoms with Crippen molar-refractivity contribution in [2.75, 3.05) is 26.2 Å². The average Bonchev–Trinajstić information content (AvgIpc) is 3.26. The van der Waals surface area contributed by atoms with Gasteiger partial charge in [-0.2, -0.15) is 4.31 Å². The predicted molar refractivity (Wildman–Crippen MR) is 105 cm³/mol. The summed E-state index contributed by atoms with van der Waals surface area (Å²) in [7, 11) is -3.58. The van der Waals surface area contributed by atoms with Gasteiger partial charge < -0.3 is 9.32 Å². The van der Waals surface area contributed by atoms with E-state index in [-0.39, 0.29) is 23.2 Å². The zero-order valence-corrected chi connectivity index (χ0v) is 16.9. The summed E-state index contributed by atoms with van der Waals surface area (Å²) in [5.74, 6) is 0.109. The first kappa shape index (κ1) is 18.5. The highest BCUT2D eigenvalue weighted by Gasteiger charge is 2.32. The Bertz CT molecular complexity index is 1110. The van der Waals surface area contributed by atoms with Crippen molar-refractivity contribution in [3.8, 4) is 0 Å². The second-order valence-corrected chi connectivity index (χ2v) is 10.2. The Hall–Kier alpha value is -1.87. The number of para-hydroxylation sites is 1. The first-order chi connectivity index (χ1) is 12.9. The van der Waals surface area contributed by atoms with Gasteiger partial charge in [-0.3, -0.25) is 4.79 Å². The van der Waals surface area contributed by atoms with E-state index in [4.69, 9.17) is 16.0 Å². The number of benzene rings is 1. The maximum Gasteiger partial charge on any atom is 0.289 e. The summed E-state index contributed by atoms with van der Waals surface area (Å²) in [6.07, 6.45) is 0. The Morgan fingerprint density at radius 1 is 1.11 bits per heavy atom. The molecule has 0 atom stereocenters. The van der Waals surface area contributed by atoms with Gasteiger partial charge in [0.05, 0.1) is 4.34 Å². The molecule has 1 aromatic carbocycles. The number of furan rings is 1. The fourth-order valence-corrected chi connectivity index (χ4v) is 6.28. The lowest BCUT2D eigenvalue weighted by atomic mass is 10.1. The number of carbonyl (C=O) groups is 1. The zero-order chi connectivity index (χ0) is 19.2. The number of nitrogens with zero attached hydrogens (tertiary/aromatic N) is 2. The third-order valence-electron chi connectivity index (χ3n) is 4.71. The lowest BCUT2D eigenvalue weighted by Gasteiger charge is -2.33. The molecule has 1 amide bonds. The largest absolute Gasteiger partial charge is 0.451 e. The molecule has 1 fully saturated rings. The molecule has 1 saturated heterocycles. The monoisotopic (exact) mass is 424 g/mol. The number of amides is 1. The number of thiophene rings is 1. The Labute approximate surface area is 166 Å². The number of hydrogen-bond donors (Lipinski definition) is 0. The predicted octanol–water partition coefficient (Wildman–Crippen LogP) is 3.60. The first-order valence-corrected chi connectivity index (χ1v) is 11.0. The van der Waals surface area contributed by atoms with E-state index in [1.165, 1.54) is 10.4 Å². The van der Waals surface area contributed by atoms with Gasteiger partial charge in [-0.25, -0.2) is 8.42 Å². The van der Waals surface area contributed by atoms with Crippen molar-refractivity contribution in [3.05, 3.63) is 52.1 Å². The normalized spacial score (nSPS) is 16.1. The van der Waals surface area contributed by atoms with Crippen LogP contribution >= 0.6 is 22.9 Å². The molecule has 9 heteroatoms. The van der Waals surface area contributed by atoms with Crippen LogP contribution in [0, 0.1) is 6.92 Å². The number of halogens is 1. The van der Waals surface area contributed by atoms with Crippen LogP contribution in [0.15, 0.2) is 45.0 Å². The maximum absolute atomic E-state index is 12.9. The topological polar surface area (TPSA) is 70.8 Å². The van der Waals surface area contributed by atoms with Crippen LogP contribution in [0.2, 0.25) is 4.34 Å². The smallest absolute Gasteiger partial charge is 0.289 e. The van der Waals surface area contributed by atoms with Gasteiger partial charge >= 0.3 is 0 Å². The molecular formula is C18H17ClN2O4S2. The fourth-order valence-electron chi connectivity index (χ4n) is 3.22. The van der Waals surface area contributed by atoms with Crippen molar-refractivity contribution in [3.63, 3.8) is 0 Å². The standard InChI is InChI=1S/C18H17ClN2O4S2/c1-12-13-4-2-3-5-14(13)25-17(12)18(22)20-8-10-21(11-9-20)27(23,24)16-7-6-15(19)26-16/h2-7H,8-11H2,1H3. The van der Waals surface area contributed by atoms with E-state index in [1.807, 2.05) is 31.2 Å². The fraction of sp³-hybridized carbons (Fsp3) is 0.278. The molecule has 0 bridgehead atoms. The summed E-state index contributed by atoms with van der Waals surface area (Å²) < 4.78 is 33.1. The molecule has 3 aromatic rings. The van der Waals surface area contributed by atoms with Crippen molar-refractivity contribution in [1.29, 1.82) is 0 Å². The van der Waals surface area contributed by atoms with Crippen LogP contribution in [0.5, 0.6) is 0 Å². The van der Waals surface area contributed by atoms with Gasteiger partial charge in [0.1, 0.15) is 9.79 Å². The van der Waals surface area contributed by atoms with Crippen LogP contribution in [0.3, 0.4) is 0 Å². The summed E-state index contributed by atoms with van der Waals surface area (Å²) in [6, 6.07) is 10.6. The molecular weight excluding hydrogens is 408 g/mol. The molecule has 4 rings (SSSR count). The van der Waals surface area contributed by atoms with Crippen LogP contribution in [-0.2, 0) is 10.0 Å². The Morgan fingerprint density at radius 2 is 1.81 bits per heavy atom. The van der Waals surface area contributed by atoms with Crippen LogP contribution in [0.1, 0.15) is 16.1 Å². The van der Waals surface area contributed by atoms with E-state index < -0.39 is 10.0 Å². The number of hydrogen-bond acceptors (Lipinski definition) is 5. The SMILES string of the molecule is Cc1c(C(=O)N2CCN(S(=O)(=O)c3ccc(Cl)s3)CC2)oc2ccccc12. The van der Waals surface area contributed by atoms with Gasteiger partial charge in [0, 0.05) is 37.1 Å². The van der Waals surface area contributed by atoms with Gasteiger partial charge in [-0.1, -0.05) is 29.8 Å². The highest BCUT2D eigenvalue weighted by molar-refractivity contribution is 7.91. The number of carbonyl (C=O) groups excluding carboxylic acids is 1. The Morgan fingerprint density at radius 3 is 2.44 bits per heavy atom. The van der Waals surface area contributed by atoms with Gasteiger partial charge in [0.25, 0.3) is 15.9 Å². The minimum Gasteiger partial charge on any atom is -0.451 e. The molecule has 0 radical (unpaired) electrons. The summed E-state index contributed by atoms with van der Waals surface area (Å²) in [5, 5.41) is 0.914. The van der Waals surface area contributed by atoms with Crippen LogP contribution < -0.4 is 0 Å². The average molecular weight is 425 g/mol. The number of piperazine rings is 1. The maximum atomic E-state index is 12.9. The van der Waals surface area contributed by atoms with E-state index >= 15 is 0 Å². The van der Waals surface area contributed by atoms with Crippen LogP contribution in [0.4, 0.5) is 0 Å². The third-order valence-corrected chi connectivity index (χ3v) is 8.30. The number of rotatable bonds is 3. The summed E-state index contributed by atoms with van der Waals surface area (Å²) in [4.78, 5) is 14.5. The molecule has 1 aliphatic rings. The molecule has 0 spiro atoms. The Balaban J connectivity index is 1.50. The summed E-state index contributed by atoms with van der Waals surface area (Å²) >= 11 is 6.90. The van der Waals surface area contributed by atoms with Crippen molar-refractivity contribution in [2.24, 2.45) is 0 Å². The quantitative estimate of drug-likeness (QED) is 0.644. The summed E-state index contributed by atoms with van der Waals surface area (Å²) in [5.41, 5.74) is 1.48. The van der Waals surface area contributed by atoms with Gasteiger partial charge in [0.2, 0.25) is 0 Å². The van der Waals surface area contributed by atoms with Crippen molar-refractivity contribution in [2.45, 2.75) is 11.1 Å². The molecule has 0 unspecified atom stereocenters. The molecule has 2 aromatic heterocycles. The molecule has 6 nitrogen and oxygen atoms in total. The Kier molecular flexibility index (Phi) is 4.75. The van der Waals surface area contributed by atoms with Gasteiger partial charge in [-0.05, 0) is 25.1 Å². The molecule has 0 N–H and O–H groups in total. The second kappa shape index (κ2) is 6.94. The van der Waals surface area contributed by atoms with Crippen LogP contribution in [0.25, 0.3) is 11.0 Å². The van der Waals surface area contributed by atoms with E-state index in [2.05, 4.69) is 0 Å². The van der Waals surface area contributed by atoms with Crippen molar-refractivity contribution in [1.82, 2.24) is 9.21 Å². The molecule has 27 heavy (non-hydrogen) atoms. The number of sulfonamides is 1. The zero-order valence-electron chi connectivity index (χ0n) is 14.5. The molecule has 1 aliphatic heterocycles. The highest BCUT2D eigenvalue weighted by atomic mass is 35.5. The van der Waals surface area contributed by atoms with E-state index in [9.17, 15) is 13.2 Å². The van der Waals surface area contributed by atoms with Gasteiger partial charge in [-0.15, -0.1) is 11.3 Å². The molecule has 0 saturated carbocycles. The van der Waals surface area contributed by atoms with Crippen molar-refractivity contribution >= 4 is 49.8 Å².